The van der Waals surface area contributed by atoms with Gasteiger partial charge in [0.25, 0.3) is 0 Å². The van der Waals surface area contributed by atoms with Gasteiger partial charge in [-0.25, -0.2) is 0 Å². The summed E-state index contributed by atoms with van der Waals surface area (Å²) < 4.78 is 0. The van der Waals surface area contributed by atoms with Crippen molar-refractivity contribution in [2.75, 3.05) is 44.2 Å². The highest BCUT2D eigenvalue weighted by atomic mass is 35.5. The number of rotatable bonds is 4. The Bertz CT molecular complexity index is 583. The van der Waals surface area contributed by atoms with Crippen molar-refractivity contribution in [3.05, 3.63) is 28.8 Å². The summed E-state index contributed by atoms with van der Waals surface area (Å²) in [6.45, 7) is 9.77. The highest BCUT2D eigenvalue weighted by Gasteiger charge is 2.24. The van der Waals surface area contributed by atoms with Crippen molar-refractivity contribution in [1.29, 1.82) is 0 Å². The lowest BCUT2D eigenvalue weighted by Gasteiger charge is -2.35. The highest BCUT2D eigenvalue weighted by molar-refractivity contribution is 6.31. The van der Waals surface area contributed by atoms with Crippen LogP contribution in [0.5, 0.6) is 0 Å². The SMILES string of the molecule is CCN1CCN(C(=O)CN(C(C)=O)c2cc(Cl)ccc2C)CC1. The number of carbonyl (C=O) groups excluding carboxylic acids is 2. The standard InChI is InChI=1S/C17H24ClN3O2/c1-4-19-7-9-20(10-8-19)17(23)12-21(14(3)22)16-11-15(18)6-5-13(16)2/h5-6,11H,4,7-10,12H2,1-3H3. The Morgan fingerprint density at radius 1 is 1.22 bits per heavy atom. The van der Waals surface area contributed by atoms with Gasteiger partial charge in [-0.15, -0.1) is 0 Å². The van der Waals surface area contributed by atoms with Gasteiger partial charge in [0.15, 0.2) is 0 Å². The summed E-state index contributed by atoms with van der Waals surface area (Å²) in [6, 6.07) is 5.38. The van der Waals surface area contributed by atoms with E-state index in [1.807, 2.05) is 17.9 Å². The largest absolute Gasteiger partial charge is 0.339 e. The minimum atomic E-state index is -0.157. The molecule has 23 heavy (non-hydrogen) atoms. The molecule has 0 saturated carbocycles. The number of hydrogen-bond donors (Lipinski definition) is 0. The lowest BCUT2D eigenvalue weighted by Crippen LogP contribution is -2.51. The quantitative estimate of drug-likeness (QED) is 0.845. The first-order valence-electron chi connectivity index (χ1n) is 7.96. The molecule has 0 spiro atoms. The average Bonchev–Trinajstić information content (AvgIpc) is 2.54. The molecule has 1 aromatic carbocycles. The van der Waals surface area contributed by atoms with Crippen LogP contribution in [0.1, 0.15) is 19.4 Å². The van der Waals surface area contributed by atoms with Crippen LogP contribution in [-0.2, 0) is 9.59 Å². The molecule has 0 unspecified atom stereocenters. The van der Waals surface area contributed by atoms with E-state index in [0.717, 1.165) is 25.2 Å². The summed E-state index contributed by atoms with van der Waals surface area (Å²) in [4.78, 5) is 30.2. The Morgan fingerprint density at radius 2 is 1.87 bits per heavy atom. The zero-order valence-electron chi connectivity index (χ0n) is 14.0. The third-order valence-electron chi connectivity index (χ3n) is 4.31. The summed E-state index contributed by atoms with van der Waals surface area (Å²) in [5, 5.41) is 0.556. The maximum Gasteiger partial charge on any atom is 0.242 e. The number of piperazine rings is 1. The van der Waals surface area contributed by atoms with Crippen LogP contribution in [0.3, 0.4) is 0 Å². The van der Waals surface area contributed by atoms with Crippen molar-refractivity contribution in [3.63, 3.8) is 0 Å². The molecule has 1 fully saturated rings. The van der Waals surface area contributed by atoms with E-state index >= 15 is 0 Å². The molecule has 2 amide bonds. The average molecular weight is 338 g/mol. The predicted molar refractivity (Wildman–Crippen MR) is 92.9 cm³/mol. The molecule has 0 radical (unpaired) electrons. The summed E-state index contributed by atoms with van der Waals surface area (Å²) >= 11 is 6.04. The van der Waals surface area contributed by atoms with Crippen LogP contribution in [0.15, 0.2) is 18.2 Å². The number of nitrogens with zero attached hydrogens (tertiary/aromatic N) is 3. The molecule has 1 saturated heterocycles. The van der Waals surface area contributed by atoms with E-state index in [9.17, 15) is 9.59 Å². The molecule has 1 aliphatic heterocycles. The van der Waals surface area contributed by atoms with Gasteiger partial charge in [0, 0.05) is 43.8 Å². The number of likely N-dealkylation sites (N-methyl/N-ethyl adjacent to an activating group) is 1. The van der Waals surface area contributed by atoms with Crippen LogP contribution >= 0.6 is 11.6 Å². The Labute approximate surface area is 142 Å². The van der Waals surface area contributed by atoms with Crippen LogP contribution in [-0.4, -0.2) is 60.9 Å². The molecule has 0 aromatic heterocycles. The number of anilines is 1. The minimum Gasteiger partial charge on any atom is -0.339 e. The molecular formula is C17H24ClN3O2. The van der Waals surface area contributed by atoms with Gasteiger partial charge in [-0.2, -0.15) is 0 Å². The fourth-order valence-electron chi connectivity index (χ4n) is 2.79. The summed E-state index contributed by atoms with van der Waals surface area (Å²) in [5.41, 5.74) is 1.62. The Kier molecular flexibility index (Phi) is 6.02. The number of hydrogen-bond acceptors (Lipinski definition) is 3. The predicted octanol–water partition coefficient (Wildman–Crippen LogP) is 2.17. The first kappa shape index (κ1) is 17.8. The number of carbonyl (C=O) groups is 2. The van der Waals surface area contributed by atoms with Crippen LogP contribution in [0, 0.1) is 6.92 Å². The lowest BCUT2D eigenvalue weighted by atomic mass is 10.1. The first-order valence-corrected chi connectivity index (χ1v) is 8.34. The Hall–Kier alpha value is -1.59. The number of amides is 2. The highest BCUT2D eigenvalue weighted by Crippen LogP contribution is 2.24. The topological polar surface area (TPSA) is 43.9 Å². The van der Waals surface area contributed by atoms with E-state index in [0.29, 0.717) is 23.8 Å². The molecule has 126 valence electrons. The lowest BCUT2D eigenvalue weighted by molar-refractivity contribution is -0.132. The first-order chi connectivity index (χ1) is 10.9. The summed E-state index contributed by atoms with van der Waals surface area (Å²) in [6.07, 6.45) is 0. The van der Waals surface area contributed by atoms with E-state index in [2.05, 4.69) is 11.8 Å². The summed E-state index contributed by atoms with van der Waals surface area (Å²) in [5.74, 6) is -0.175. The number of aryl methyl sites for hydroxylation is 1. The van der Waals surface area contributed by atoms with Gasteiger partial charge in [-0.3, -0.25) is 9.59 Å². The fraction of sp³-hybridized carbons (Fsp3) is 0.529. The molecule has 1 heterocycles. The van der Waals surface area contributed by atoms with Crippen molar-refractivity contribution in [2.24, 2.45) is 0 Å². The van der Waals surface area contributed by atoms with E-state index in [1.54, 1.807) is 12.1 Å². The molecule has 0 N–H and O–H groups in total. The van der Waals surface area contributed by atoms with Crippen molar-refractivity contribution in [2.45, 2.75) is 20.8 Å². The summed E-state index contributed by atoms with van der Waals surface area (Å²) in [7, 11) is 0. The van der Waals surface area contributed by atoms with E-state index < -0.39 is 0 Å². The van der Waals surface area contributed by atoms with Crippen molar-refractivity contribution in [1.82, 2.24) is 9.80 Å². The molecule has 0 bridgehead atoms. The van der Waals surface area contributed by atoms with Crippen LogP contribution in [0.2, 0.25) is 5.02 Å². The van der Waals surface area contributed by atoms with E-state index in [1.165, 1.54) is 11.8 Å². The fourth-order valence-corrected chi connectivity index (χ4v) is 2.95. The maximum absolute atomic E-state index is 12.6. The van der Waals surface area contributed by atoms with E-state index in [4.69, 9.17) is 11.6 Å². The molecule has 5 nitrogen and oxygen atoms in total. The van der Waals surface area contributed by atoms with Crippen LogP contribution in [0.4, 0.5) is 5.69 Å². The van der Waals surface area contributed by atoms with Gasteiger partial charge >= 0.3 is 0 Å². The van der Waals surface area contributed by atoms with Crippen molar-refractivity contribution >= 4 is 29.1 Å². The molecule has 6 heteroatoms. The molecular weight excluding hydrogens is 314 g/mol. The Balaban J connectivity index is 2.09. The monoisotopic (exact) mass is 337 g/mol. The van der Waals surface area contributed by atoms with Gasteiger partial charge in [0.2, 0.25) is 11.8 Å². The third-order valence-corrected chi connectivity index (χ3v) is 4.54. The number of benzene rings is 1. The smallest absolute Gasteiger partial charge is 0.242 e. The van der Waals surface area contributed by atoms with Crippen LogP contribution in [0.25, 0.3) is 0 Å². The number of halogens is 1. The maximum atomic E-state index is 12.6. The normalized spacial score (nSPS) is 15.6. The van der Waals surface area contributed by atoms with Gasteiger partial charge in [0.05, 0.1) is 0 Å². The minimum absolute atomic E-state index is 0.0182. The third kappa shape index (κ3) is 4.45. The zero-order valence-corrected chi connectivity index (χ0v) is 14.8. The second-order valence-corrected chi connectivity index (χ2v) is 6.29. The molecule has 0 aliphatic carbocycles. The molecule has 1 aliphatic rings. The second kappa shape index (κ2) is 7.79. The van der Waals surface area contributed by atoms with E-state index in [-0.39, 0.29) is 18.4 Å². The van der Waals surface area contributed by atoms with Crippen molar-refractivity contribution in [3.8, 4) is 0 Å². The van der Waals surface area contributed by atoms with Crippen molar-refractivity contribution < 1.29 is 9.59 Å². The molecule has 2 rings (SSSR count). The molecule has 0 atom stereocenters. The van der Waals surface area contributed by atoms with Gasteiger partial charge in [0.1, 0.15) is 6.54 Å². The Morgan fingerprint density at radius 3 is 2.43 bits per heavy atom. The van der Waals surface area contributed by atoms with Crippen LogP contribution < -0.4 is 4.90 Å². The zero-order chi connectivity index (χ0) is 17.0. The molecule has 1 aromatic rings. The second-order valence-electron chi connectivity index (χ2n) is 5.85. The van der Waals surface area contributed by atoms with Gasteiger partial charge in [-0.05, 0) is 31.2 Å². The van der Waals surface area contributed by atoms with Gasteiger partial charge < -0.3 is 14.7 Å². The van der Waals surface area contributed by atoms with Gasteiger partial charge in [-0.1, -0.05) is 24.6 Å².